The minimum Gasteiger partial charge on any atom is -0.311 e. The van der Waals surface area contributed by atoms with Crippen molar-refractivity contribution >= 4 is 21.6 Å². The van der Waals surface area contributed by atoms with E-state index in [-0.39, 0.29) is 23.3 Å². The van der Waals surface area contributed by atoms with Gasteiger partial charge in [0.1, 0.15) is 0 Å². The highest BCUT2D eigenvalue weighted by atomic mass is 32.2. The summed E-state index contributed by atoms with van der Waals surface area (Å²) in [6, 6.07) is 5.47. The molecule has 3 aliphatic rings. The number of rotatable bonds is 4. The van der Waals surface area contributed by atoms with Crippen LogP contribution in [0.1, 0.15) is 64.9 Å². The van der Waals surface area contributed by atoms with E-state index in [4.69, 9.17) is 0 Å². The smallest absolute Gasteiger partial charge is 0.243 e. The van der Waals surface area contributed by atoms with Gasteiger partial charge in [-0.05, 0) is 55.9 Å². The number of carbonyl (C=O) groups is 1. The van der Waals surface area contributed by atoms with Crippen LogP contribution in [0.4, 0.5) is 5.69 Å². The van der Waals surface area contributed by atoms with Gasteiger partial charge in [0.15, 0.2) is 0 Å². The summed E-state index contributed by atoms with van der Waals surface area (Å²) in [6.45, 7) is 7.48. The van der Waals surface area contributed by atoms with Crippen LogP contribution in [0.25, 0.3) is 0 Å². The highest BCUT2D eigenvalue weighted by molar-refractivity contribution is 7.89. The van der Waals surface area contributed by atoms with Crippen molar-refractivity contribution in [1.82, 2.24) is 4.31 Å². The molecule has 2 fully saturated rings. The monoisotopic (exact) mass is 390 g/mol. The van der Waals surface area contributed by atoms with Crippen LogP contribution in [0, 0.1) is 5.92 Å². The van der Waals surface area contributed by atoms with E-state index < -0.39 is 10.0 Å². The van der Waals surface area contributed by atoms with Crippen molar-refractivity contribution in [3.8, 4) is 0 Å². The van der Waals surface area contributed by atoms with Crippen LogP contribution in [0.15, 0.2) is 23.1 Å². The predicted molar refractivity (Wildman–Crippen MR) is 106 cm³/mol. The van der Waals surface area contributed by atoms with Crippen LogP contribution in [0.3, 0.4) is 0 Å². The van der Waals surface area contributed by atoms with Gasteiger partial charge in [-0.2, -0.15) is 4.31 Å². The Morgan fingerprint density at radius 2 is 1.93 bits per heavy atom. The van der Waals surface area contributed by atoms with Gasteiger partial charge in [0.2, 0.25) is 15.9 Å². The molecule has 1 atom stereocenters. The van der Waals surface area contributed by atoms with Crippen molar-refractivity contribution in [2.45, 2.75) is 75.6 Å². The Hall–Kier alpha value is -1.40. The van der Waals surface area contributed by atoms with Gasteiger partial charge < -0.3 is 4.90 Å². The average Bonchev–Trinajstić information content (AvgIpc) is 3.46. The van der Waals surface area contributed by atoms with E-state index in [1.807, 2.05) is 17.0 Å². The Balaban J connectivity index is 1.71. The lowest BCUT2D eigenvalue weighted by molar-refractivity contribution is -0.119. The van der Waals surface area contributed by atoms with E-state index in [1.54, 1.807) is 10.4 Å². The van der Waals surface area contributed by atoms with Gasteiger partial charge in [-0.3, -0.25) is 4.79 Å². The molecule has 0 spiro atoms. The molecule has 0 unspecified atom stereocenters. The van der Waals surface area contributed by atoms with Crippen LogP contribution >= 0.6 is 0 Å². The number of fused-ring (bicyclic) bond motifs is 1. The summed E-state index contributed by atoms with van der Waals surface area (Å²) in [7, 11) is -3.51. The largest absolute Gasteiger partial charge is 0.311 e. The normalized spacial score (nSPS) is 25.4. The minimum absolute atomic E-state index is 0.0953. The predicted octanol–water partition coefficient (Wildman–Crippen LogP) is 3.67. The third-order valence-corrected chi connectivity index (χ3v) is 8.33. The van der Waals surface area contributed by atoms with Gasteiger partial charge in [0, 0.05) is 36.2 Å². The SMILES string of the molecule is CC[C@@H]1CCCCN1S(=O)(=O)c1ccc2c(c1)C(C)(C)CN2C(=O)C1CC1. The van der Waals surface area contributed by atoms with Gasteiger partial charge >= 0.3 is 0 Å². The third kappa shape index (κ3) is 3.21. The quantitative estimate of drug-likeness (QED) is 0.788. The maximum absolute atomic E-state index is 13.3. The fourth-order valence-corrected chi connectivity index (χ4v) is 6.39. The Morgan fingerprint density at radius 1 is 1.19 bits per heavy atom. The number of nitrogens with zero attached hydrogens (tertiary/aromatic N) is 2. The molecule has 0 aromatic heterocycles. The summed E-state index contributed by atoms with van der Waals surface area (Å²) in [4.78, 5) is 14.9. The van der Waals surface area contributed by atoms with Gasteiger partial charge in [-0.25, -0.2) is 8.42 Å². The third-order valence-electron chi connectivity index (χ3n) is 6.38. The first-order valence-electron chi connectivity index (χ1n) is 10.2. The number of hydrogen-bond donors (Lipinski definition) is 0. The molecule has 2 heterocycles. The topological polar surface area (TPSA) is 57.7 Å². The molecule has 2 aliphatic heterocycles. The van der Waals surface area contributed by atoms with Crippen molar-refractivity contribution in [1.29, 1.82) is 0 Å². The Labute approximate surface area is 162 Å². The zero-order chi connectivity index (χ0) is 19.4. The first-order valence-corrected chi connectivity index (χ1v) is 11.7. The summed E-state index contributed by atoms with van der Waals surface area (Å²) in [5.41, 5.74) is 1.63. The highest BCUT2D eigenvalue weighted by Crippen LogP contribution is 2.44. The molecule has 0 bridgehead atoms. The van der Waals surface area contributed by atoms with E-state index >= 15 is 0 Å². The van der Waals surface area contributed by atoms with Gasteiger partial charge in [-0.1, -0.05) is 27.2 Å². The summed E-state index contributed by atoms with van der Waals surface area (Å²) >= 11 is 0. The number of carbonyl (C=O) groups excluding carboxylic acids is 1. The molecular weight excluding hydrogens is 360 g/mol. The molecular formula is C21H30N2O3S. The number of benzene rings is 1. The van der Waals surface area contributed by atoms with E-state index in [1.165, 1.54) is 0 Å². The van der Waals surface area contributed by atoms with Crippen molar-refractivity contribution in [3.05, 3.63) is 23.8 Å². The number of hydrogen-bond acceptors (Lipinski definition) is 3. The second-order valence-corrected chi connectivity index (χ2v) is 10.8. The number of amides is 1. The second-order valence-electron chi connectivity index (χ2n) is 8.94. The lowest BCUT2D eigenvalue weighted by Crippen LogP contribution is -2.43. The van der Waals surface area contributed by atoms with Crippen LogP contribution in [0.2, 0.25) is 0 Å². The van der Waals surface area contributed by atoms with Crippen LogP contribution in [0.5, 0.6) is 0 Å². The lowest BCUT2D eigenvalue weighted by atomic mass is 9.87. The summed E-state index contributed by atoms with van der Waals surface area (Å²) in [5.74, 6) is 0.355. The van der Waals surface area contributed by atoms with E-state index in [2.05, 4.69) is 20.8 Å². The maximum atomic E-state index is 13.3. The number of sulfonamides is 1. The van der Waals surface area contributed by atoms with E-state index in [9.17, 15) is 13.2 Å². The average molecular weight is 391 g/mol. The van der Waals surface area contributed by atoms with E-state index in [0.717, 1.165) is 49.8 Å². The van der Waals surface area contributed by atoms with Crippen LogP contribution in [-0.4, -0.2) is 37.8 Å². The Kier molecular flexibility index (Phi) is 4.62. The number of anilines is 1. The molecule has 148 valence electrons. The van der Waals surface area contributed by atoms with Crippen molar-refractivity contribution in [2.75, 3.05) is 18.0 Å². The molecule has 1 aromatic carbocycles. The maximum Gasteiger partial charge on any atom is 0.243 e. The van der Waals surface area contributed by atoms with Gasteiger partial charge in [-0.15, -0.1) is 0 Å². The molecule has 1 amide bonds. The van der Waals surface area contributed by atoms with Gasteiger partial charge in [0.25, 0.3) is 0 Å². The second kappa shape index (κ2) is 6.59. The van der Waals surface area contributed by atoms with E-state index in [0.29, 0.717) is 18.0 Å². The first-order chi connectivity index (χ1) is 12.8. The molecule has 27 heavy (non-hydrogen) atoms. The zero-order valence-corrected chi connectivity index (χ0v) is 17.4. The summed E-state index contributed by atoms with van der Waals surface area (Å²) in [5, 5.41) is 0. The van der Waals surface area contributed by atoms with Crippen molar-refractivity contribution in [3.63, 3.8) is 0 Å². The lowest BCUT2D eigenvalue weighted by Gasteiger charge is -2.34. The fourth-order valence-electron chi connectivity index (χ4n) is 4.60. The Bertz CT molecular complexity index is 858. The molecule has 4 rings (SSSR count). The molecule has 1 saturated heterocycles. The van der Waals surface area contributed by atoms with Crippen molar-refractivity contribution in [2.24, 2.45) is 5.92 Å². The molecule has 1 saturated carbocycles. The van der Waals surface area contributed by atoms with Crippen LogP contribution < -0.4 is 4.90 Å². The Morgan fingerprint density at radius 3 is 2.59 bits per heavy atom. The first kappa shape index (κ1) is 18.9. The molecule has 0 radical (unpaired) electrons. The zero-order valence-electron chi connectivity index (χ0n) is 16.6. The number of piperidine rings is 1. The fraction of sp³-hybridized carbons (Fsp3) is 0.667. The molecule has 0 N–H and O–H groups in total. The van der Waals surface area contributed by atoms with Crippen LogP contribution in [-0.2, 0) is 20.2 Å². The minimum atomic E-state index is -3.51. The molecule has 1 aromatic rings. The molecule has 1 aliphatic carbocycles. The molecule has 6 heteroatoms. The summed E-state index contributed by atoms with van der Waals surface area (Å²) in [6.07, 6.45) is 5.76. The summed E-state index contributed by atoms with van der Waals surface area (Å²) < 4.78 is 28.4. The molecule has 5 nitrogen and oxygen atoms in total. The standard InChI is InChI=1S/C21H30N2O3S/c1-4-16-7-5-6-12-23(16)27(25,26)17-10-11-19-18(13-17)21(2,3)14-22(19)20(24)15-8-9-15/h10-11,13,15-16H,4-9,12,14H2,1-3H3/t16-/m1/s1. The van der Waals surface area contributed by atoms with Gasteiger partial charge in [0.05, 0.1) is 4.90 Å². The highest BCUT2D eigenvalue weighted by Gasteiger charge is 2.43. The van der Waals surface area contributed by atoms with Crippen molar-refractivity contribution < 1.29 is 13.2 Å².